The van der Waals surface area contributed by atoms with E-state index in [-0.39, 0.29) is 11.2 Å². The number of rotatable bonds is 2. The van der Waals surface area contributed by atoms with Gasteiger partial charge in [-0.1, -0.05) is 17.9 Å². The zero-order valence-electron chi connectivity index (χ0n) is 16.2. The Labute approximate surface area is 162 Å². The Balaban J connectivity index is 1.85. The standard InChI is InChI=1S/C22H20FN5/c1-22(2,3)11-10-15-6-5-7-17(12-15)27(4)20-18-13-16(23)8-9-19(18)28-14-24-26-21(28)25-20/h5-9,12-14H,1-4H3. The van der Waals surface area contributed by atoms with E-state index in [2.05, 4.69) is 47.8 Å². The number of anilines is 2. The van der Waals surface area contributed by atoms with Crippen molar-refractivity contribution in [2.45, 2.75) is 20.8 Å². The number of hydrogen-bond acceptors (Lipinski definition) is 4. The van der Waals surface area contributed by atoms with Gasteiger partial charge in [-0.3, -0.25) is 4.40 Å². The second-order valence-electron chi connectivity index (χ2n) is 7.71. The first kappa shape index (κ1) is 17.9. The van der Waals surface area contributed by atoms with Crippen LogP contribution in [0.25, 0.3) is 16.7 Å². The van der Waals surface area contributed by atoms with Gasteiger partial charge < -0.3 is 4.90 Å². The summed E-state index contributed by atoms with van der Waals surface area (Å²) in [6.45, 7) is 6.23. The fraction of sp³-hybridized carbons (Fsp3) is 0.227. The van der Waals surface area contributed by atoms with Crippen molar-refractivity contribution in [1.82, 2.24) is 19.6 Å². The molecule has 0 aliphatic rings. The number of benzene rings is 2. The van der Waals surface area contributed by atoms with Gasteiger partial charge in [-0.15, -0.1) is 10.2 Å². The van der Waals surface area contributed by atoms with Crippen LogP contribution in [0.1, 0.15) is 26.3 Å². The molecular weight excluding hydrogens is 353 g/mol. The van der Waals surface area contributed by atoms with Crippen LogP contribution in [-0.2, 0) is 0 Å². The topological polar surface area (TPSA) is 46.3 Å². The van der Waals surface area contributed by atoms with E-state index in [0.717, 1.165) is 16.8 Å². The fourth-order valence-electron chi connectivity index (χ4n) is 2.96. The van der Waals surface area contributed by atoms with Gasteiger partial charge in [0.25, 0.3) is 5.78 Å². The van der Waals surface area contributed by atoms with Crippen molar-refractivity contribution in [2.24, 2.45) is 5.41 Å². The van der Waals surface area contributed by atoms with Crippen LogP contribution in [-0.4, -0.2) is 26.6 Å². The maximum absolute atomic E-state index is 14.0. The Morgan fingerprint density at radius 2 is 1.93 bits per heavy atom. The van der Waals surface area contributed by atoms with Crippen molar-refractivity contribution >= 4 is 28.2 Å². The van der Waals surface area contributed by atoms with Gasteiger partial charge in [-0.25, -0.2) is 4.39 Å². The normalized spacial score (nSPS) is 11.5. The fourth-order valence-corrected chi connectivity index (χ4v) is 2.96. The zero-order valence-corrected chi connectivity index (χ0v) is 16.2. The summed E-state index contributed by atoms with van der Waals surface area (Å²) < 4.78 is 15.7. The Hall–Kier alpha value is -3.46. The lowest BCUT2D eigenvalue weighted by atomic mass is 9.97. The quantitative estimate of drug-likeness (QED) is 0.483. The van der Waals surface area contributed by atoms with Gasteiger partial charge in [0, 0.05) is 29.1 Å². The van der Waals surface area contributed by atoms with Gasteiger partial charge >= 0.3 is 0 Å². The molecule has 2 heterocycles. The van der Waals surface area contributed by atoms with Gasteiger partial charge in [0.15, 0.2) is 0 Å². The van der Waals surface area contributed by atoms with E-state index < -0.39 is 0 Å². The maximum Gasteiger partial charge on any atom is 0.257 e. The Morgan fingerprint density at radius 3 is 2.71 bits per heavy atom. The van der Waals surface area contributed by atoms with Gasteiger partial charge in [0.1, 0.15) is 18.0 Å². The molecule has 2 aromatic heterocycles. The van der Waals surface area contributed by atoms with E-state index in [0.29, 0.717) is 17.0 Å². The van der Waals surface area contributed by atoms with Crippen molar-refractivity contribution in [3.05, 3.63) is 60.2 Å². The molecule has 5 nitrogen and oxygen atoms in total. The summed E-state index contributed by atoms with van der Waals surface area (Å²) in [6, 6.07) is 12.5. The largest absolute Gasteiger partial charge is 0.329 e. The minimum atomic E-state index is -0.318. The van der Waals surface area contributed by atoms with E-state index in [1.165, 1.54) is 12.1 Å². The van der Waals surface area contributed by atoms with Gasteiger partial charge in [0.2, 0.25) is 0 Å². The molecule has 0 atom stereocenters. The third-order valence-corrected chi connectivity index (χ3v) is 4.33. The molecule has 140 valence electrons. The molecule has 4 rings (SSSR count). The van der Waals surface area contributed by atoms with Gasteiger partial charge in [0.05, 0.1) is 5.52 Å². The summed E-state index contributed by atoms with van der Waals surface area (Å²) in [5, 5.41) is 8.67. The van der Waals surface area contributed by atoms with Crippen molar-refractivity contribution in [2.75, 3.05) is 11.9 Å². The average molecular weight is 373 g/mol. The number of aromatic nitrogens is 4. The van der Waals surface area contributed by atoms with Crippen LogP contribution in [0.5, 0.6) is 0 Å². The summed E-state index contributed by atoms with van der Waals surface area (Å²) in [7, 11) is 1.90. The van der Waals surface area contributed by atoms with E-state index in [9.17, 15) is 4.39 Å². The lowest BCUT2D eigenvalue weighted by Crippen LogP contribution is -2.13. The van der Waals surface area contributed by atoms with Crippen molar-refractivity contribution in [3.63, 3.8) is 0 Å². The molecule has 0 saturated carbocycles. The molecule has 6 heteroatoms. The molecule has 0 aliphatic carbocycles. The Kier molecular flexibility index (Phi) is 4.23. The molecule has 0 bridgehead atoms. The minimum Gasteiger partial charge on any atom is -0.329 e. The first-order chi connectivity index (χ1) is 13.3. The molecule has 0 spiro atoms. The van der Waals surface area contributed by atoms with E-state index in [4.69, 9.17) is 0 Å². The lowest BCUT2D eigenvalue weighted by molar-refractivity contribution is 0.571. The number of halogens is 1. The van der Waals surface area contributed by atoms with Crippen LogP contribution in [0.3, 0.4) is 0 Å². The molecule has 0 radical (unpaired) electrons. The molecule has 4 aromatic rings. The van der Waals surface area contributed by atoms with Crippen LogP contribution in [0.4, 0.5) is 15.9 Å². The highest BCUT2D eigenvalue weighted by Gasteiger charge is 2.15. The molecule has 28 heavy (non-hydrogen) atoms. The molecule has 0 unspecified atom stereocenters. The van der Waals surface area contributed by atoms with Gasteiger partial charge in [-0.05, 0) is 57.2 Å². The predicted octanol–water partition coefficient (Wildman–Crippen LogP) is 4.58. The highest BCUT2D eigenvalue weighted by atomic mass is 19.1. The summed E-state index contributed by atoms with van der Waals surface area (Å²) in [6.07, 6.45) is 1.58. The summed E-state index contributed by atoms with van der Waals surface area (Å²) in [5.74, 6) is 7.22. The maximum atomic E-state index is 14.0. The second kappa shape index (κ2) is 6.61. The van der Waals surface area contributed by atoms with Crippen molar-refractivity contribution < 1.29 is 4.39 Å². The van der Waals surface area contributed by atoms with E-state index in [1.54, 1.807) is 16.8 Å². The molecule has 2 aromatic carbocycles. The van der Waals surface area contributed by atoms with E-state index in [1.807, 2.05) is 36.2 Å². The highest BCUT2D eigenvalue weighted by molar-refractivity contribution is 5.93. The monoisotopic (exact) mass is 373 g/mol. The minimum absolute atomic E-state index is 0.0735. The third-order valence-electron chi connectivity index (χ3n) is 4.33. The van der Waals surface area contributed by atoms with Crippen LogP contribution >= 0.6 is 0 Å². The molecule has 0 saturated heterocycles. The first-order valence-corrected chi connectivity index (χ1v) is 8.98. The molecular formula is C22H20FN5. The Morgan fingerprint density at radius 1 is 1.11 bits per heavy atom. The molecule has 0 N–H and O–H groups in total. The van der Waals surface area contributed by atoms with E-state index >= 15 is 0 Å². The van der Waals surface area contributed by atoms with Crippen LogP contribution < -0.4 is 4.90 Å². The number of fused-ring (bicyclic) bond motifs is 3. The highest BCUT2D eigenvalue weighted by Crippen LogP contribution is 2.30. The van der Waals surface area contributed by atoms with Crippen molar-refractivity contribution in [1.29, 1.82) is 0 Å². The van der Waals surface area contributed by atoms with Crippen molar-refractivity contribution in [3.8, 4) is 11.8 Å². The van der Waals surface area contributed by atoms with Crippen LogP contribution in [0, 0.1) is 23.1 Å². The van der Waals surface area contributed by atoms with Gasteiger partial charge in [-0.2, -0.15) is 4.98 Å². The molecule has 0 fully saturated rings. The summed E-state index contributed by atoms with van der Waals surface area (Å²) in [5.41, 5.74) is 2.54. The predicted molar refractivity (Wildman–Crippen MR) is 109 cm³/mol. The smallest absolute Gasteiger partial charge is 0.257 e. The third kappa shape index (κ3) is 3.39. The second-order valence-corrected chi connectivity index (χ2v) is 7.71. The van der Waals surface area contributed by atoms with Crippen LogP contribution in [0.2, 0.25) is 0 Å². The Bertz CT molecular complexity index is 1240. The summed E-state index contributed by atoms with van der Waals surface area (Å²) in [4.78, 5) is 6.52. The zero-order chi connectivity index (χ0) is 19.9. The van der Waals surface area contributed by atoms with Crippen LogP contribution in [0.15, 0.2) is 48.8 Å². The first-order valence-electron chi connectivity index (χ1n) is 8.98. The summed E-state index contributed by atoms with van der Waals surface area (Å²) >= 11 is 0. The SMILES string of the molecule is CN(c1cccc(C#CC(C)(C)C)c1)c1nc2nncn2c2ccc(F)cc12. The average Bonchev–Trinajstić information content (AvgIpc) is 3.13. The lowest BCUT2D eigenvalue weighted by Gasteiger charge is -2.20. The number of nitrogens with zero attached hydrogens (tertiary/aromatic N) is 5. The number of hydrogen-bond donors (Lipinski definition) is 0. The molecule has 0 aliphatic heterocycles. The molecule has 0 amide bonds.